The zero-order chi connectivity index (χ0) is 3.58. The van der Waals surface area contributed by atoms with Crippen LogP contribution < -0.4 is 0 Å². The van der Waals surface area contributed by atoms with Gasteiger partial charge in [0.1, 0.15) is 12.5 Å². The van der Waals surface area contributed by atoms with Crippen molar-refractivity contribution in [1.82, 2.24) is 0 Å². The minimum absolute atomic E-state index is 0.333. The molecule has 0 fully saturated rings. The fourth-order valence-electron chi connectivity index (χ4n) is 0. The fourth-order valence-corrected chi connectivity index (χ4v) is 0. The van der Waals surface area contributed by atoms with Crippen LogP contribution in [-0.4, -0.2) is 12.5 Å². The fraction of sp³-hybridized carbons (Fsp3) is 1.00. The molecule has 4 heavy (non-hydrogen) atoms. The maximum absolute atomic E-state index is 3.99. The van der Waals surface area contributed by atoms with E-state index >= 15 is 0 Å². The van der Waals surface area contributed by atoms with Gasteiger partial charge >= 0.3 is 0 Å². The molecule has 0 N–H and O–H groups in total. The Labute approximate surface area is 34.8 Å². The highest BCUT2D eigenvalue weighted by atomic mass is 33.1. The van der Waals surface area contributed by atoms with Crippen LogP contribution in [0.5, 0.6) is 0 Å². The summed E-state index contributed by atoms with van der Waals surface area (Å²) in [6.45, 7) is 0. The molecule has 0 saturated carbocycles. The predicted octanol–water partition coefficient (Wildman–Crippen LogP) is 0.709. The first kappa shape index (κ1) is 4.70. The molecule has 0 unspecified atom stereocenters. The second kappa shape index (κ2) is 1.97. The van der Waals surface area contributed by atoms with Crippen LogP contribution in [0.15, 0.2) is 0 Å². The summed E-state index contributed by atoms with van der Waals surface area (Å²) in [4.78, 5) is 0. The van der Waals surface area contributed by atoms with Crippen LogP contribution in [0.25, 0.3) is 0 Å². The van der Waals surface area contributed by atoms with Crippen molar-refractivity contribution in [3.63, 3.8) is 0 Å². The van der Waals surface area contributed by atoms with Crippen LogP contribution in [0, 0.1) is 0 Å². The van der Waals surface area contributed by atoms with Crippen LogP contribution >= 0.6 is 11.7 Å². The molecule has 0 rings (SSSR count). The smallest absolute Gasteiger partial charge is 0.0474 e. The summed E-state index contributed by atoms with van der Waals surface area (Å²) >= 11 is 3.99. The van der Waals surface area contributed by atoms with Crippen molar-refractivity contribution < 1.29 is 0 Å². The van der Waals surface area contributed by atoms with Crippen LogP contribution in [0.1, 0.15) is 0 Å². The predicted molar refractivity (Wildman–Crippen MR) is 28.2 cm³/mol. The molecule has 0 spiro atoms. The van der Waals surface area contributed by atoms with Crippen LogP contribution in [0.3, 0.4) is 0 Å². The Hall–Kier alpha value is 0.700. The van der Waals surface area contributed by atoms with Crippen molar-refractivity contribution in [2.75, 3.05) is 12.5 Å². The summed E-state index contributed by atoms with van der Waals surface area (Å²) in [6.07, 6.45) is 4.12. The Morgan fingerprint density at radius 2 is 1.50 bits per heavy atom. The van der Waals surface area contributed by atoms with Gasteiger partial charge in [-0.15, -0.1) is 0 Å². The molecule has 0 aliphatic rings. The molecule has 0 radical (unpaired) electrons. The van der Waals surface area contributed by atoms with Crippen molar-refractivity contribution >= 4 is 21.6 Å². The van der Waals surface area contributed by atoms with Gasteiger partial charge in [-0.1, -0.05) is 0 Å². The topological polar surface area (TPSA) is 0 Å². The molecule has 0 heterocycles. The van der Waals surface area contributed by atoms with Gasteiger partial charge < -0.3 is 0 Å². The molecule has 0 aromatic carbocycles. The van der Waals surface area contributed by atoms with E-state index in [9.17, 15) is 0 Å². The number of hydrogen-bond acceptors (Lipinski definition) is 1. The average Bonchev–Trinajstić information content (AvgIpc) is 0.811. The summed E-state index contributed by atoms with van der Waals surface area (Å²) in [7, 11) is 0.333. The van der Waals surface area contributed by atoms with E-state index in [4.69, 9.17) is 0 Å². The molecule has 0 aromatic heterocycles. The summed E-state index contributed by atoms with van der Waals surface area (Å²) in [6, 6.07) is 0. The standard InChI is InChI=1S/C2H7S2/c1-4(2)3/h3H,1-2H3/q+1. The largest absolute Gasteiger partial charge is 0.109 e. The summed E-state index contributed by atoms with van der Waals surface area (Å²) < 4.78 is 0. The van der Waals surface area contributed by atoms with Gasteiger partial charge in [-0.2, -0.15) is 0 Å². The van der Waals surface area contributed by atoms with E-state index in [1.165, 1.54) is 0 Å². The van der Waals surface area contributed by atoms with Crippen molar-refractivity contribution in [3.8, 4) is 0 Å². The van der Waals surface area contributed by atoms with Gasteiger partial charge in [0.25, 0.3) is 0 Å². The first-order valence-corrected chi connectivity index (χ1v) is 4.09. The lowest BCUT2D eigenvalue weighted by Gasteiger charge is -1.66. The molecular formula is C2H7S2+. The molecule has 0 bridgehead atoms. The maximum atomic E-state index is 3.99. The summed E-state index contributed by atoms with van der Waals surface area (Å²) in [5.41, 5.74) is 0. The summed E-state index contributed by atoms with van der Waals surface area (Å²) in [5.74, 6) is 0. The van der Waals surface area contributed by atoms with E-state index in [1.54, 1.807) is 0 Å². The molecule has 0 nitrogen and oxygen atoms in total. The Morgan fingerprint density at radius 1 is 1.50 bits per heavy atom. The molecule has 0 aromatic rings. The van der Waals surface area contributed by atoms with E-state index in [-0.39, 0.29) is 0 Å². The minimum Gasteiger partial charge on any atom is 0.0474 e. The van der Waals surface area contributed by atoms with Crippen molar-refractivity contribution in [2.24, 2.45) is 0 Å². The van der Waals surface area contributed by atoms with Gasteiger partial charge in [0, 0.05) is 9.93 Å². The Bertz CT molecular complexity index is 8.75. The molecular weight excluding hydrogens is 88.2 g/mol. The Balaban J connectivity index is 2.32. The third-order valence-corrected chi connectivity index (χ3v) is 0. The highest BCUT2D eigenvalue weighted by Gasteiger charge is 1.81. The second-order valence-corrected chi connectivity index (χ2v) is 4.51. The number of thiol groups is 1. The zero-order valence-corrected chi connectivity index (χ0v) is 4.57. The molecule has 2 heteroatoms. The van der Waals surface area contributed by atoms with Gasteiger partial charge in [-0.3, -0.25) is 0 Å². The van der Waals surface area contributed by atoms with Crippen LogP contribution in [0.4, 0.5) is 0 Å². The van der Waals surface area contributed by atoms with Gasteiger partial charge in [0.2, 0.25) is 0 Å². The van der Waals surface area contributed by atoms with Crippen molar-refractivity contribution in [3.05, 3.63) is 0 Å². The van der Waals surface area contributed by atoms with Gasteiger partial charge in [-0.25, -0.2) is 0 Å². The molecule has 0 aliphatic carbocycles. The lowest BCUT2D eigenvalue weighted by atomic mass is 11.9. The van der Waals surface area contributed by atoms with E-state index in [0.717, 1.165) is 0 Å². The first-order chi connectivity index (χ1) is 1.73. The number of hydrogen-bond donors (Lipinski definition) is 1. The Kier molecular flexibility index (Phi) is 2.32. The SMILES string of the molecule is C[S+](C)S. The van der Waals surface area contributed by atoms with E-state index in [0.29, 0.717) is 9.93 Å². The van der Waals surface area contributed by atoms with Crippen molar-refractivity contribution in [1.29, 1.82) is 0 Å². The average molecular weight is 95.2 g/mol. The zero-order valence-electron chi connectivity index (χ0n) is 2.86. The van der Waals surface area contributed by atoms with E-state index < -0.39 is 0 Å². The molecule has 26 valence electrons. The third-order valence-electron chi connectivity index (χ3n) is 0. The summed E-state index contributed by atoms with van der Waals surface area (Å²) in [5, 5.41) is 0. The highest BCUT2D eigenvalue weighted by molar-refractivity contribution is 8.65. The molecule has 0 amide bonds. The van der Waals surface area contributed by atoms with Crippen LogP contribution in [-0.2, 0) is 9.93 Å². The molecule has 0 saturated heterocycles. The van der Waals surface area contributed by atoms with Crippen LogP contribution in [0.2, 0.25) is 0 Å². The lowest BCUT2D eigenvalue weighted by Crippen LogP contribution is -1.73. The monoisotopic (exact) mass is 95.0 g/mol. The maximum Gasteiger partial charge on any atom is 0.109 e. The van der Waals surface area contributed by atoms with Gasteiger partial charge in [0.15, 0.2) is 0 Å². The molecule has 0 atom stereocenters. The second-order valence-electron chi connectivity index (χ2n) is 0.773. The van der Waals surface area contributed by atoms with E-state index in [2.05, 4.69) is 24.2 Å². The van der Waals surface area contributed by atoms with Crippen molar-refractivity contribution in [2.45, 2.75) is 0 Å². The van der Waals surface area contributed by atoms with E-state index in [1.807, 2.05) is 0 Å². The minimum atomic E-state index is 0.333. The quantitative estimate of drug-likeness (QED) is 0.256. The van der Waals surface area contributed by atoms with Gasteiger partial charge in [-0.05, 0) is 0 Å². The highest BCUT2D eigenvalue weighted by Crippen LogP contribution is 1.83. The van der Waals surface area contributed by atoms with Gasteiger partial charge in [0.05, 0.1) is 11.7 Å². The Morgan fingerprint density at radius 3 is 1.50 bits per heavy atom. The molecule has 0 aliphatic heterocycles. The first-order valence-electron chi connectivity index (χ1n) is 0.999. The lowest BCUT2D eigenvalue weighted by molar-refractivity contribution is 2.34. The number of rotatable bonds is 0. The third kappa shape index (κ3) is 15.9. The normalized spacial score (nSPS) is 9.00.